The van der Waals surface area contributed by atoms with E-state index in [4.69, 9.17) is 10.5 Å². The van der Waals surface area contributed by atoms with Gasteiger partial charge in [0.2, 0.25) is 5.88 Å². The molecule has 0 aliphatic heterocycles. The Bertz CT molecular complexity index is 291. The van der Waals surface area contributed by atoms with Crippen molar-refractivity contribution in [1.82, 2.24) is 9.88 Å². The average molecular weight is 209 g/mol. The van der Waals surface area contributed by atoms with Gasteiger partial charge in [0, 0.05) is 18.3 Å². The van der Waals surface area contributed by atoms with E-state index in [1.165, 1.54) is 0 Å². The summed E-state index contributed by atoms with van der Waals surface area (Å²) < 4.78 is 5.19. The Kier molecular flexibility index (Phi) is 5.07. The molecule has 0 atom stereocenters. The fourth-order valence-electron chi connectivity index (χ4n) is 1.46. The molecule has 0 aromatic carbocycles. The van der Waals surface area contributed by atoms with Crippen LogP contribution in [-0.2, 0) is 6.54 Å². The number of aromatic nitrogens is 1. The maximum Gasteiger partial charge on any atom is 0.217 e. The van der Waals surface area contributed by atoms with Crippen molar-refractivity contribution in [3.63, 3.8) is 0 Å². The highest BCUT2D eigenvalue weighted by Crippen LogP contribution is 2.15. The quantitative estimate of drug-likeness (QED) is 0.755. The van der Waals surface area contributed by atoms with Crippen LogP contribution in [0.3, 0.4) is 0 Å². The standard InChI is InChI=1S/C11H19N3O/c1-14(8-4-6-12)9-10-5-3-7-13-11(10)15-2/h3,5,7H,4,6,8-9,12H2,1-2H3. The highest BCUT2D eigenvalue weighted by atomic mass is 16.5. The molecule has 2 N–H and O–H groups in total. The van der Waals surface area contributed by atoms with E-state index in [9.17, 15) is 0 Å². The molecule has 0 spiro atoms. The fraction of sp³-hybridized carbons (Fsp3) is 0.545. The Balaban J connectivity index is 2.55. The van der Waals surface area contributed by atoms with Crippen LogP contribution >= 0.6 is 0 Å². The Labute approximate surface area is 91.1 Å². The van der Waals surface area contributed by atoms with Gasteiger partial charge >= 0.3 is 0 Å². The van der Waals surface area contributed by atoms with Gasteiger partial charge in [-0.2, -0.15) is 0 Å². The minimum Gasteiger partial charge on any atom is -0.481 e. The van der Waals surface area contributed by atoms with E-state index in [-0.39, 0.29) is 0 Å². The van der Waals surface area contributed by atoms with E-state index >= 15 is 0 Å². The van der Waals surface area contributed by atoms with Gasteiger partial charge in [0.25, 0.3) is 0 Å². The molecule has 15 heavy (non-hydrogen) atoms. The number of hydrogen-bond donors (Lipinski definition) is 1. The van der Waals surface area contributed by atoms with Crippen LogP contribution in [0.5, 0.6) is 5.88 Å². The maximum absolute atomic E-state index is 5.46. The molecule has 1 aromatic heterocycles. The molecule has 0 unspecified atom stereocenters. The van der Waals surface area contributed by atoms with Crippen LogP contribution in [0.2, 0.25) is 0 Å². The van der Waals surface area contributed by atoms with E-state index < -0.39 is 0 Å². The molecule has 84 valence electrons. The number of nitrogens with two attached hydrogens (primary N) is 1. The van der Waals surface area contributed by atoms with Gasteiger partial charge in [-0.05, 0) is 32.6 Å². The second kappa shape index (κ2) is 6.37. The van der Waals surface area contributed by atoms with Crippen LogP contribution in [-0.4, -0.2) is 37.1 Å². The molecular formula is C11H19N3O. The highest BCUT2D eigenvalue weighted by Gasteiger charge is 2.05. The summed E-state index contributed by atoms with van der Waals surface area (Å²) in [6.07, 6.45) is 2.75. The first-order valence-electron chi connectivity index (χ1n) is 5.14. The zero-order valence-electron chi connectivity index (χ0n) is 9.44. The van der Waals surface area contributed by atoms with Crippen molar-refractivity contribution in [1.29, 1.82) is 0 Å². The fourth-order valence-corrected chi connectivity index (χ4v) is 1.46. The summed E-state index contributed by atoms with van der Waals surface area (Å²) in [7, 11) is 3.72. The van der Waals surface area contributed by atoms with Gasteiger partial charge in [-0.25, -0.2) is 4.98 Å². The molecule has 4 nitrogen and oxygen atoms in total. The van der Waals surface area contributed by atoms with Crippen molar-refractivity contribution in [3.05, 3.63) is 23.9 Å². The van der Waals surface area contributed by atoms with Crippen LogP contribution in [0, 0.1) is 0 Å². The maximum atomic E-state index is 5.46. The Morgan fingerprint density at radius 2 is 2.33 bits per heavy atom. The normalized spacial score (nSPS) is 10.7. The van der Waals surface area contributed by atoms with Gasteiger partial charge in [-0.3, -0.25) is 0 Å². The summed E-state index contributed by atoms with van der Waals surface area (Å²) in [5.41, 5.74) is 6.57. The van der Waals surface area contributed by atoms with Crippen LogP contribution in [0.15, 0.2) is 18.3 Å². The zero-order valence-corrected chi connectivity index (χ0v) is 9.44. The van der Waals surface area contributed by atoms with Crippen molar-refractivity contribution in [3.8, 4) is 5.88 Å². The average Bonchev–Trinajstić information content (AvgIpc) is 2.27. The molecule has 0 saturated carbocycles. The number of rotatable bonds is 6. The van der Waals surface area contributed by atoms with E-state index in [1.54, 1.807) is 13.3 Å². The molecule has 1 heterocycles. The third-order valence-corrected chi connectivity index (χ3v) is 2.23. The summed E-state index contributed by atoms with van der Waals surface area (Å²) in [4.78, 5) is 6.37. The molecule has 0 aliphatic carbocycles. The number of nitrogens with zero attached hydrogens (tertiary/aromatic N) is 2. The number of methoxy groups -OCH3 is 1. The molecule has 0 bridgehead atoms. The Morgan fingerprint density at radius 1 is 1.53 bits per heavy atom. The van der Waals surface area contributed by atoms with Crippen LogP contribution in [0.1, 0.15) is 12.0 Å². The van der Waals surface area contributed by atoms with Crippen molar-refractivity contribution < 1.29 is 4.74 Å². The molecule has 1 rings (SSSR count). The number of hydrogen-bond acceptors (Lipinski definition) is 4. The third kappa shape index (κ3) is 3.85. The van der Waals surface area contributed by atoms with Crippen LogP contribution < -0.4 is 10.5 Å². The van der Waals surface area contributed by atoms with Gasteiger partial charge in [-0.1, -0.05) is 6.07 Å². The van der Waals surface area contributed by atoms with Gasteiger partial charge in [0.05, 0.1) is 7.11 Å². The minimum absolute atomic E-state index is 0.706. The predicted molar refractivity (Wildman–Crippen MR) is 60.8 cm³/mol. The van der Waals surface area contributed by atoms with Crippen LogP contribution in [0.25, 0.3) is 0 Å². The molecule has 1 aromatic rings. The summed E-state index contributed by atoms with van der Waals surface area (Å²) in [5, 5.41) is 0. The van der Waals surface area contributed by atoms with E-state index in [0.29, 0.717) is 5.88 Å². The smallest absolute Gasteiger partial charge is 0.217 e. The summed E-state index contributed by atoms with van der Waals surface area (Å²) in [5.74, 6) is 0.706. The monoisotopic (exact) mass is 209 g/mol. The van der Waals surface area contributed by atoms with Gasteiger partial charge < -0.3 is 15.4 Å². The van der Waals surface area contributed by atoms with Gasteiger partial charge in [0.1, 0.15) is 0 Å². The molecular weight excluding hydrogens is 190 g/mol. The highest BCUT2D eigenvalue weighted by molar-refractivity contribution is 5.24. The second-order valence-corrected chi connectivity index (χ2v) is 3.55. The first kappa shape index (κ1) is 11.9. The lowest BCUT2D eigenvalue weighted by atomic mass is 10.2. The molecule has 0 aliphatic rings. The lowest BCUT2D eigenvalue weighted by Crippen LogP contribution is -2.21. The summed E-state index contributed by atoms with van der Waals surface area (Å²) >= 11 is 0. The third-order valence-electron chi connectivity index (χ3n) is 2.23. The first-order chi connectivity index (χ1) is 7.27. The van der Waals surface area contributed by atoms with Crippen LogP contribution in [0.4, 0.5) is 0 Å². The predicted octanol–water partition coefficient (Wildman–Crippen LogP) is 0.871. The van der Waals surface area contributed by atoms with Crippen molar-refractivity contribution in [2.45, 2.75) is 13.0 Å². The van der Waals surface area contributed by atoms with Crippen molar-refractivity contribution in [2.75, 3.05) is 27.2 Å². The Hall–Kier alpha value is -1.13. The molecule has 0 saturated heterocycles. The SMILES string of the molecule is COc1ncccc1CN(C)CCCN. The Morgan fingerprint density at radius 3 is 3.00 bits per heavy atom. The molecule has 0 radical (unpaired) electrons. The van der Waals surface area contributed by atoms with Gasteiger partial charge in [-0.15, -0.1) is 0 Å². The lowest BCUT2D eigenvalue weighted by molar-refractivity contribution is 0.312. The minimum atomic E-state index is 0.706. The largest absolute Gasteiger partial charge is 0.481 e. The van der Waals surface area contributed by atoms with Crippen molar-refractivity contribution in [2.24, 2.45) is 5.73 Å². The van der Waals surface area contributed by atoms with E-state index in [1.807, 2.05) is 12.1 Å². The first-order valence-corrected chi connectivity index (χ1v) is 5.14. The molecule has 4 heteroatoms. The number of ether oxygens (including phenoxy) is 1. The summed E-state index contributed by atoms with van der Waals surface area (Å²) in [6.45, 7) is 2.57. The zero-order chi connectivity index (χ0) is 11.1. The summed E-state index contributed by atoms with van der Waals surface area (Å²) in [6, 6.07) is 3.96. The molecule has 0 amide bonds. The number of pyridine rings is 1. The molecule has 0 fully saturated rings. The van der Waals surface area contributed by atoms with E-state index in [2.05, 4.69) is 16.9 Å². The van der Waals surface area contributed by atoms with Crippen molar-refractivity contribution >= 4 is 0 Å². The lowest BCUT2D eigenvalue weighted by Gasteiger charge is -2.17. The van der Waals surface area contributed by atoms with Gasteiger partial charge in [0.15, 0.2) is 0 Å². The van der Waals surface area contributed by atoms with E-state index in [0.717, 1.165) is 31.6 Å². The second-order valence-electron chi connectivity index (χ2n) is 3.55. The topological polar surface area (TPSA) is 51.4 Å².